The summed E-state index contributed by atoms with van der Waals surface area (Å²) in [5.74, 6) is 0.324. The van der Waals surface area contributed by atoms with Crippen molar-refractivity contribution in [2.75, 3.05) is 6.54 Å². The molecule has 2 heterocycles. The van der Waals surface area contributed by atoms with Crippen molar-refractivity contribution in [3.05, 3.63) is 69.0 Å². The Hall–Kier alpha value is -2.93. The minimum Gasteiger partial charge on any atom is -0.340 e. The molecule has 26 heavy (non-hydrogen) atoms. The summed E-state index contributed by atoms with van der Waals surface area (Å²) in [5, 5.41) is 11.5. The van der Waals surface area contributed by atoms with Crippen molar-refractivity contribution in [3.8, 4) is 0 Å². The third-order valence-corrected chi connectivity index (χ3v) is 4.86. The van der Waals surface area contributed by atoms with Crippen molar-refractivity contribution in [1.29, 1.82) is 0 Å². The number of halogens is 1. The summed E-state index contributed by atoms with van der Waals surface area (Å²) >= 11 is 5.85. The molecule has 0 spiro atoms. The molecule has 0 saturated carbocycles. The summed E-state index contributed by atoms with van der Waals surface area (Å²) < 4.78 is 0. The molecule has 1 saturated heterocycles. The van der Waals surface area contributed by atoms with Gasteiger partial charge in [0.25, 0.3) is 11.6 Å². The number of para-hydroxylation sites is 2. The van der Waals surface area contributed by atoms with Gasteiger partial charge in [0, 0.05) is 17.6 Å². The maximum atomic E-state index is 13.0. The van der Waals surface area contributed by atoms with E-state index in [1.54, 1.807) is 4.90 Å². The first-order chi connectivity index (χ1) is 12.5. The number of hydrogen-bond acceptors (Lipinski definition) is 4. The highest BCUT2D eigenvalue weighted by Gasteiger charge is 2.35. The SMILES string of the molecule is O=C(c1ccc(Cl)cc1[N+](=O)[O-])N1CCC[C@@H]1c1nc2ccccc2[nH]1. The van der Waals surface area contributed by atoms with E-state index in [-0.39, 0.29) is 28.2 Å². The molecule has 0 bridgehead atoms. The predicted molar refractivity (Wildman–Crippen MR) is 97.2 cm³/mol. The highest BCUT2D eigenvalue weighted by atomic mass is 35.5. The first-order valence-corrected chi connectivity index (χ1v) is 8.62. The molecule has 0 aliphatic carbocycles. The number of benzene rings is 2. The Bertz CT molecular complexity index is 984. The van der Waals surface area contributed by atoms with Gasteiger partial charge >= 0.3 is 0 Å². The molecule has 2 aromatic carbocycles. The molecule has 1 aliphatic rings. The molecule has 1 N–H and O–H groups in total. The number of imidazole rings is 1. The smallest absolute Gasteiger partial charge is 0.283 e. The number of carbonyl (C=O) groups is 1. The lowest BCUT2D eigenvalue weighted by molar-refractivity contribution is -0.385. The van der Waals surface area contributed by atoms with Crippen molar-refractivity contribution < 1.29 is 9.72 Å². The summed E-state index contributed by atoms with van der Waals surface area (Å²) in [7, 11) is 0. The fourth-order valence-electron chi connectivity index (χ4n) is 3.42. The van der Waals surface area contributed by atoms with Crippen molar-refractivity contribution in [3.63, 3.8) is 0 Å². The molecule has 1 aromatic heterocycles. The number of nitro groups is 1. The monoisotopic (exact) mass is 370 g/mol. The number of rotatable bonds is 3. The molecule has 132 valence electrons. The predicted octanol–water partition coefficient (Wildman–Crippen LogP) is 4.10. The van der Waals surface area contributed by atoms with Crippen LogP contribution in [0.15, 0.2) is 42.5 Å². The van der Waals surface area contributed by atoms with Crippen LogP contribution in [0, 0.1) is 10.1 Å². The molecule has 1 amide bonds. The number of H-pyrrole nitrogens is 1. The largest absolute Gasteiger partial charge is 0.340 e. The van der Waals surface area contributed by atoms with Crippen LogP contribution in [0.4, 0.5) is 5.69 Å². The van der Waals surface area contributed by atoms with Gasteiger partial charge in [-0.05, 0) is 37.1 Å². The fraction of sp³-hybridized carbons (Fsp3) is 0.222. The Morgan fingerprint density at radius 2 is 2.12 bits per heavy atom. The van der Waals surface area contributed by atoms with Crippen LogP contribution < -0.4 is 0 Å². The van der Waals surface area contributed by atoms with E-state index >= 15 is 0 Å². The Balaban J connectivity index is 1.70. The van der Waals surface area contributed by atoms with Gasteiger partial charge in [0.05, 0.1) is 22.0 Å². The van der Waals surface area contributed by atoms with Crippen molar-refractivity contribution in [2.45, 2.75) is 18.9 Å². The van der Waals surface area contributed by atoms with Gasteiger partial charge in [-0.2, -0.15) is 0 Å². The fourth-order valence-corrected chi connectivity index (χ4v) is 3.58. The molecule has 7 nitrogen and oxygen atoms in total. The quantitative estimate of drug-likeness (QED) is 0.554. The zero-order valence-corrected chi connectivity index (χ0v) is 14.4. The number of nitrogens with zero attached hydrogens (tertiary/aromatic N) is 3. The molecule has 4 rings (SSSR count). The van der Waals surface area contributed by atoms with E-state index in [0.29, 0.717) is 12.4 Å². The summed E-state index contributed by atoms with van der Waals surface area (Å²) in [6.07, 6.45) is 1.57. The third-order valence-electron chi connectivity index (χ3n) is 4.62. The van der Waals surface area contributed by atoms with Gasteiger partial charge in [0.1, 0.15) is 11.4 Å². The van der Waals surface area contributed by atoms with E-state index in [9.17, 15) is 14.9 Å². The number of aromatic amines is 1. The minimum absolute atomic E-state index is 0.0439. The van der Waals surface area contributed by atoms with Gasteiger partial charge in [-0.1, -0.05) is 23.7 Å². The van der Waals surface area contributed by atoms with Gasteiger partial charge in [0.2, 0.25) is 0 Å². The van der Waals surface area contributed by atoms with E-state index in [2.05, 4.69) is 9.97 Å². The molecule has 1 atom stereocenters. The molecule has 0 radical (unpaired) electrons. The van der Waals surface area contributed by atoms with Crippen molar-refractivity contribution >= 4 is 34.2 Å². The van der Waals surface area contributed by atoms with E-state index in [4.69, 9.17) is 11.6 Å². The molecule has 3 aromatic rings. The average Bonchev–Trinajstić information content (AvgIpc) is 3.27. The van der Waals surface area contributed by atoms with Gasteiger partial charge in [-0.3, -0.25) is 14.9 Å². The zero-order valence-electron chi connectivity index (χ0n) is 13.7. The van der Waals surface area contributed by atoms with Gasteiger partial charge in [0.15, 0.2) is 0 Å². The first kappa shape index (κ1) is 16.5. The Labute approximate surface area is 153 Å². The number of nitrogens with one attached hydrogen (secondary N) is 1. The summed E-state index contributed by atoms with van der Waals surface area (Å²) in [6, 6.07) is 11.5. The lowest BCUT2D eigenvalue weighted by Gasteiger charge is -2.23. The zero-order chi connectivity index (χ0) is 18.3. The van der Waals surface area contributed by atoms with E-state index < -0.39 is 4.92 Å². The topological polar surface area (TPSA) is 92.1 Å². The summed E-state index contributed by atoms with van der Waals surface area (Å²) in [6.45, 7) is 0.528. The molecule has 1 aliphatic heterocycles. The standard InChI is InChI=1S/C18H15ClN4O3/c19-11-7-8-12(16(10-11)23(25)26)18(24)22-9-3-6-15(22)17-20-13-4-1-2-5-14(13)21-17/h1-2,4-5,7-8,10,15H,3,6,9H2,(H,20,21)/t15-/m1/s1. The van der Waals surface area contributed by atoms with Crippen LogP contribution in [0.1, 0.15) is 35.1 Å². The second-order valence-corrected chi connectivity index (χ2v) is 6.65. The van der Waals surface area contributed by atoms with Crippen molar-refractivity contribution in [2.24, 2.45) is 0 Å². The second-order valence-electron chi connectivity index (χ2n) is 6.21. The number of nitro benzene ring substituents is 1. The highest BCUT2D eigenvalue weighted by Crippen LogP contribution is 2.34. The molecular weight excluding hydrogens is 356 g/mol. The van der Waals surface area contributed by atoms with E-state index in [1.165, 1.54) is 18.2 Å². The normalized spacial score (nSPS) is 17.0. The number of likely N-dealkylation sites (tertiary alicyclic amines) is 1. The van der Waals surface area contributed by atoms with Crippen LogP contribution in [-0.2, 0) is 0 Å². The van der Waals surface area contributed by atoms with Gasteiger partial charge < -0.3 is 9.88 Å². The van der Waals surface area contributed by atoms with Crippen LogP contribution in [-0.4, -0.2) is 32.2 Å². The maximum Gasteiger partial charge on any atom is 0.283 e. The number of hydrogen-bond donors (Lipinski definition) is 1. The van der Waals surface area contributed by atoms with Crippen LogP contribution in [0.25, 0.3) is 11.0 Å². The molecule has 0 unspecified atom stereocenters. The first-order valence-electron chi connectivity index (χ1n) is 8.24. The minimum atomic E-state index is -0.578. The third kappa shape index (κ3) is 2.80. The molecule has 1 fully saturated rings. The van der Waals surface area contributed by atoms with E-state index in [1.807, 2.05) is 24.3 Å². The van der Waals surface area contributed by atoms with Crippen LogP contribution in [0.2, 0.25) is 5.02 Å². The average molecular weight is 371 g/mol. The van der Waals surface area contributed by atoms with E-state index in [0.717, 1.165) is 23.9 Å². The maximum absolute atomic E-state index is 13.0. The number of aromatic nitrogens is 2. The Kier molecular flexibility index (Phi) is 4.08. The van der Waals surface area contributed by atoms with Crippen LogP contribution >= 0.6 is 11.6 Å². The summed E-state index contributed by atoms with van der Waals surface area (Å²) in [4.78, 5) is 33.3. The number of carbonyl (C=O) groups excluding carboxylic acids is 1. The molecule has 8 heteroatoms. The second kappa shape index (κ2) is 6.42. The van der Waals surface area contributed by atoms with Crippen LogP contribution in [0.3, 0.4) is 0 Å². The van der Waals surface area contributed by atoms with Gasteiger partial charge in [-0.25, -0.2) is 4.98 Å². The number of amides is 1. The lowest BCUT2D eigenvalue weighted by Crippen LogP contribution is -2.31. The Morgan fingerprint density at radius 3 is 2.88 bits per heavy atom. The highest BCUT2D eigenvalue weighted by molar-refractivity contribution is 6.31. The summed E-state index contributed by atoms with van der Waals surface area (Å²) in [5.41, 5.74) is 1.50. The Morgan fingerprint density at radius 1 is 1.31 bits per heavy atom. The van der Waals surface area contributed by atoms with Crippen molar-refractivity contribution in [1.82, 2.24) is 14.9 Å². The van der Waals surface area contributed by atoms with Gasteiger partial charge in [-0.15, -0.1) is 0 Å². The van der Waals surface area contributed by atoms with Crippen LogP contribution in [0.5, 0.6) is 0 Å². The molecular formula is C18H15ClN4O3. The lowest BCUT2D eigenvalue weighted by atomic mass is 10.1. The number of fused-ring (bicyclic) bond motifs is 1.